The number of aromatic nitrogens is 1. The Morgan fingerprint density at radius 2 is 1.71 bits per heavy atom. The molecule has 4 rings (SSSR count). The first-order valence-electron chi connectivity index (χ1n) is 9.57. The van der Waals surface area contributed by atoms with Gasteiger partial charge in [0, 0.05) is 29.0 Å². The van der Waals surface area contributed by atoms with Crippen LogP contribution in [0.4, 0.5) is 10.3 Å². The second-order valence-corrected chi connectivity index (χ2v) is 10.0. The topological polar surface area (TPSA) is 106 Å². The van der Waals surface area contributed by atoms with Gasteiger partial charge in [-0.2, -0.15) is 4.98 Å². The predicted molar refractivity (Wildman–Crippen MR) is 116 cm³/mol. The molecule has 0 atom stereocenters. The number of hydrogen-bond acceptors (Lipinski definition) is 6. The van der Waals surface area contributed by atoms with Gasteiger partial charge in [-0.25, -0.2) is 12.8 Å². The molecular weight excluding hydrogens is 489 g/mol. The lowest BCUT2D eigenvalue weighted by molar-refractivity contribution is -0.122. The van der Waals surface area contributed by atoms with E-state index in [-0.39, 0.29) is 33.5 Å². The van der Waals surface area contributed by atoms with Crippen LogP contribution in [0.5, 0.6) is 0 Å². The molecule has 3 aromatic rings. The summed E-state index contributed by atoms with van der Waals surface area (Å²) < 4.78 is 46.7. The minimum absolute atomic E-state index is 0.0720. The quantitative estimate of drug-likeness (QED) is 0.563. The molecule has 0 aliphatic carbocycles. The highest BCUT2D eigenvalue weighted by Gasteiger charge is 2.34. The van der Waals surface area contributed by atoms with Gasteiger partial charge in [-0.3, -0.25) is 4.79 Å². The highest BCUT2D eigenvalue weighted by molar-refractivity contribution is 9.10. The first-order valence-corrected chi connectivity index (χ1v) is 11.8. The normalized spacial score (nSPS) is 15.2. The van der Waals surface area contributed by atoms with Gasteiger partial charge in [-0.15, -0.1) is 0 Å². The van der Waals surface area contributed by atoms with Crippen LogP contribution in [-0.2, 0) is 14.6 Å². The van der Waals surface area contributed by atoms with Crippen molar-refractivity contribution in [2.45, 2.75) is 22.8 Å². The number of piperidine rings is 1. The minimum atomic E-state index is -3.99. The van der Waals surface area contributed by atoms with Crippen molar-refractivity contribution in [3.63, 3.8) is 0 Å². The molecule has 10 heteroatoms. The minimum Gasteiger partial charge on any atom is -0.419 e. The molecule has 1 aromatic heterocycles. The summed E-state index contributed by atoms with van der Waals surface area (Å²) in [6.45, 7) is 0.795. The van der Waals surface area contributed by atoms with Gasteiger partial charge in [0.05, 0.1) is 4.90 Å². The third kappa shape index (κ3) is 4.35. The molecule has 2 N–H and O–H groups in total. The van der Waals surface area contributed by atoms with E-state index in [0.717, 1.165) is 4.47 Å². The Kier molecular flexibility index (Phi) is 5.85. The van der Waals surface area contributed by atoms with Crippen molar-refractivity contribution < 1.29 is 22.0 Å². The van der Waals surface area contributed by atoms with E-state index in [9.17, 15) is 17.6 Å². The Morgan fingerprint density at radius 1 is 1.10 bits per heavy atom. The fourth-order valence-electron chi connectivity index (χ4n) is 3.48. The smallest absolute Gasteiger partial charge is 0.236 e. The van der Waals surface area contributed by atoms with Gasteiger partial charge in [0.25, 0.3) is 0 Å². The maximum absolute atomic E-state index is 13.4. The van der Waals surface area contributed by atoms with Gasteiger partial charge >= 0.3 is 0 Å². The van der Waals surface area contributed by atoms with Crippen LogP contribution in [0.25, 0.3) is 11.5 Å². The van der Waals surface area contributed by atoms with Crippen molar-refractivity contribution in [3.8, 4) is 11.5 Å². The number of anilines is 1. The summed E-state index contributed by atoms with van der Waals surface area (Å²) in [5.74, 6) is -0.881. The van der Waals surface area contributed by atoms with Crippen LogP contribution in [0.3, 0.4) is 0 Å². The SMILES string of the molecule is NC(=O)C1CCN(c2oc(-c3ccc(F)cc3)nc2S(=O)(=O)c2ccc(Br)cc2)CC1. The van der Waals surface area contributed by atoms with Crippen molar-refractivity contribution in [1.82, 2.24) is 4.98 Å². The average molecular weight is 508 g/mol. The van der Waals surface area contributed by atoms with E-state index in [1.165, 1.54) is 36.4 Å². The zero-order valence-electron chi connectivity index (χ0n) is 16.3. The van der Waals surface area contributed by atoms with Crippen LogP contribution < -0.4 is 10.6 Å². The molecule has 0 unspecified atom stereocenters. The van der Waals surface area contributed by atoms with E-state index in [1.54, 1.807) is 17.0 Å². The maximum Gasteiger partial charge on any atom is 0.236 e. The number of primary amides is 1. The lowest BCUT2D eigenvalue weighted by Crippen LogP contribution is -2.38. The van der Waals surface area contributed by atoms with Crippen LogP contribution >= 0.6 is 15.9 Å². The molecule has 1 aliphatic heterocycles. The van der Waals surface area contributed by atoms with Crippen LogP contribution in [0.1, 0.15) is 12.8 Å². The Labute approximate surface area is 187 Å². The van der Waals surface area contributed by atoms with Crippen molar-refractivity contribution in [2.75, 3.05) is 18.0 Å². The van der Waals surface area contributed by atoms with E-state index < -0.39 is 15.7 Å². The number of oxazole rings is 1. The van der Waals surface area contributed by atoms with Crippen LogP contribution in [0, 0.1) is 11.7 Å². The highest BCUT2D eigenvalue weighted by Crippen LogP contribution is 2.36. The standard InChI is InChI=1S/C21H19BrFN3O4S/c22-15-3-7-17(8-4-15)31(28,29)20-21(26-11-9-13(10-12-26)18(24)27)30-19(25-20)14-1-5-16(23)6-2-14/h1-8,13H,9-12H2,(H2,24,27). The predicted octanol–water partition coefficient (Wildman–Crippen LogP) is 3.78. The highest BCUT2D eigenvalue weighted by atomic mass is 79.9. The number of sulfone groups is 1. The molecule has 2 heterocycles. The molecule has 0 radical (unpaired) electrons. The molecule has 2 aromatic carbocycles. The summed E-state index contributed by atoms with van der Waals surface area (Å²) >= 11 is 3.30. The maximum atomic E-state index is 13.4. The lowest BCUT2D eigenvalue weighted by atomic mass is 9.96. The Hall–Kier alpha value is -2.72. The molecule has 0 spiro atoms. The van der Waals surface area contributed by atoms with Crippen LogP contribution in [0.2, 0.25) is 0 Å². The number of hydrogen-bond donors (Lipinski definition) is 1. The van der Waals surface area contributed by atoms with Gasteiger partial charge in [-0.05, 0) is 61.4 Å². The number of carbonyl (C=O) groups excluding carboxylic acids is 1. The van der Waals surface area contributed by atoms with Crippen molar-refractivity contribution in [3.05, 3.63) is 58.8 Å². The summed E-state index contributed by atoms with van der Waals surface area (Å²) in [6.07, 6.45) is 0.972. The van der Waals surface area contributed by atoms with E-state index in [4.69, 9.17) is 10.2 Å². The van der Waals surface area contributed by atoms with Crippen molar-refractivity contribution in [1.29, 1.82) is 0 Å². The van der Waals surface area contributed by atoms with Gasteiger partial charge in [-0.1, -0.05) is 15.9 Å². The molecule has 1 saturated heterocycles. The number of rotatable bonds is 5. The Bertz CT molecular complexity index is 1200. The Morgan fingerprint density at radius 3 is 2.29 bits per heavy atom. The monoisotopic (exact) mass is 507 g/mol. The molecule has 1 fully saturated rings. The third-order valence-corrected chi connectivity index (χ3v) is 7.43. The number of nitrogens with two attached hydrogens (primary N) is 1. The Balaban J connectivity index is 1.78. The van der Waals surface area contributed by atoms with E-state index in [0.29, 0.717) is 31.5 Å². The van der Waals surface area contributed by atoms with Crippen molar-refractivity contribution in [2.24, 2.45) is 11.7 Å². The number of nitrogens with zero attached hydrogens (tertiary/aromatic N) is 2. The summed E-state index contributed by atoms with van der Waals surface area (Å²) in [6, 6.07) is 11.7. The van der Waals surface area contributed by atoms with Crippen LogP contribution in [-0.4, -0.2) is 32.4 Å². The average Bonchev–Trinajstić information content (AvgIpc) is 3.21. The number of carbonyl (C=O) groups is 1. The summed E-state index contributed by atoms with van der Waals surface area (Å²) in [7, 11) is -3.99. The number of halogens is 2. The van der Waals surface area contributed by atoms with Gasteiger partial charge < -0.3 is 15.1 Å². The van der Waals surface area contributed by atoms with Gasteiger partial charge in [0.15, 0.2) is 0 Å². The zero-order valence-corrected chi connectivity index (χ0v) is 18.7. The van der Waals surface area contributed by atoms with E-state index in [1.807, 2.05) is 0 Å². The number of amides is 1. The molecule has 31 heavy (non-hydrogen) atoms. The van der Waals surface area contributed by atoms with Gasteiger partial charge in [0.1, 0.15) is 5.82 Å². The fraction of sp³-hybridized carbons (Fsp3) is 0.238. The molecule has 0 bridgehead atoms. The van der Waals surface area contributed by atoms with Crippen LogP contribution in [0.15, 0.2) is 67.3 Å². The third-order valence-electron chi connectivity index (χ3n) is 5.23. The molecule has 162 valence electrons. The summed E-state index contributed by atoms with van der Waals surface area (Å²) in [5, 5.41) is -0.216. The molecular formula is C21H19BrFN3O4S. The molecule has 7 nitrogen and oxygen atoms in total. The summed E-state index contributed by atoms with van der Waals surface area (Å²) in [4.78, 5) is 17.6. The molecule has 1 amide bonds. The van der Waals surface area contributed by atoms with Crippen molar-refractivity contribution >= 4 is 37.6 Å². The fourth-order valence-corrected chi connectivity index (χ4v) is 5.07. The summed E-state index contributed by atoms with van der Waals surface area (Å²) in [5.41, 5.74) is 5.86. The second-order valence-electron chi connectivity index (χ2n) is 7.26. The molecule has 1 aliphatic rings. The largest absolute Gasteiger partial charge is 0.419 e. The number of benzene rings is 2. The van der Waals surface area contributed by atoms with E-state index >= 15 is 0 Å². The first-order chi connectivity index (χ1) is 14.8. The first kappa shape index (κ1) is 21.5. The van der Waals surface area contributed by atoms with Gasteiger partial charge in [0.2, 0.25) is 32.5 Å². The molecule has 0 saturated carbocycles. The van der Waals surface area contributed by atoms with E-state index in [2.05, 4.69) is 20.9 Å². The zero-order chi connectivity index (χ0) is 22.2. The lowest BCUT2D eigenvalue weighted by Gasteiger charge is -2.30. The second kappa shape index (κ2) is 8.43.